The van der Waals surface area contributed by atoms with Gasteiger partial charge in [0.2, 0.25) is 0 Å². The molecule has 0 spiro atoms. The van der Waals surface area contributed by atoms with Gasteiger partial charge >= 0.3 is 0 Å². The van der Waals surface area contributed by atoms with Crippen molar-refractivity contribution >= 4 is 0 Å². The molecule has 0 radical (unpaired) electrons. The minimum absolute atomic E-state index is 0.268. The predicted molar refractivity (Wildman–Crippen MR) is 78.7 cm³/mol. The van der Waals surface area contributed by atoms with Crippen LogP contribution in [0.1, 0.15) is 5.56 Å². The second-order valence-corrected chi connectivity index (χ2v) is 5.63. The summed E-state index contributed by atoms with van der Waals surface area (Å²) < 4.78 is 11.2. The molecule has 2 aliphatic rings. The third-order valence-corrected chi connectivity index (χ3v) is 4.06. The summed E-state index contributed by atoms with van der Waals surface area (Å²) in [7, 11) is 0. The van der Waals surface area contributed by atoms with E-state index in [1.54, 1.807) is 0 Å². The van der Waals surface area contributed by atoms with Crippen molar-refractivity contribution in [1.82, 2.24) is 9.80 Å². The zero-order valence-electron chi connectivity index (χ0n) is 12.0. The molecule has 0 aliphatic carbocycles. The quantitative estimate of drug-likeness (QED) is 0.825. The Hall–Kier alpha value is -0.940. The van der Waals surface area contributed by atoms with Crippen molar-refractivity contribution in [2.75, 3.05) is 52.5 Å². The van der Waals surface area contributed by atoms with Crippen LogP contribution in [0.3, 0.4) is 0 Å². The molecule has 1 aromatic carbocycles. The second kappa shape index (κ2) is 7.18. The molecule has 110 valence electrons. The summed E-state index contributed by atoms with van der Waals surface area (Å²) in [5, 5.41) is 0. The Labute approximate surface area is 121 Å². The van der Waals surface area contributed by atoms with E-state index < -0.39 is 0 Å². The van der Waals surface area contributed by atoms with Crippen LogP contribution in [-0.4, -0.2) is 68.4 Å². The standard InChI is InChI=1S/C16H24N2O2/c1-2-4-15(5-3-1)12-17-6-8-18(9-7-17)13-16-14-19-10-11-20-16/h1-5,16H,6-14H2/t16-/m1/s1. The molecule has 0 amide bonds. The molecule has 3 rings (SSSR count). The van der Waals surface area contributed by atoms with E-state index in [1.807, 2.05) is 0 Å². The molecule has 1 atom stereocenters. The van der Waals surface area contributed by atoms with Crippen molar-refractivity contribution in [2.45, 2.75) is 12.6 Å². The first-order valence-electron chi connectivity index (χ1n) is 7.58. The Morgan fingerprint density at radius 2 is 1.70 bits per heavy atom. The zero-order valence-corrected chi connectivity index (χ0v) is 12.0. The van der Waals surface area contributed by atoms with Gasteiger partial charge in [0.05, 0.1) is 25.9 Å². The van der Waals surface area contributed by atoms with Crippen molar-refractivity contribution in [1.29, 1.82) is 0 Å². The minimum Gasteiger partial charge on any atom is -0.376 e. The van der Waals surface area contributed by atoms with E-state index in [2.05, 4.69) is 40.1 Å². The molecule has 0 N–H and O–H groups in total. The van der Waals surface area contributed by atoms with Gasteiger partial charge in [-0.25, -0.2) is 0 Å². The molecular formula is C16H24N2O2. The number of hydrogen-bond acceptors (Lipinski definition) is 4. The molecule has 2 saturated heterocycles. The lowest BCUT2D eigenvalue weighted by Crippen LogP contribution is -2.49. The molecule has 0 saturated carbocycles. The average molecular weight is 276 g/mol. The summed E-state index contributed by atoms with van der Waals surface area (Å²) in [4.78, 5) is 5.03. The maximum absolute atomic E-state index is 5.72. The van der Waals surface area contributed by atoms with Crippen molar-refractivity contribution in [3.63, 3.8) is 0 Å². The van der Waals surface area contributed by atoms with Crippen LogP contribution in [0.15, 0.2) is 30.3 Å². The van der Waals surface area contributed by atoms with Crippen molar-refractivity contribution in [2.24, 2.45) is 0 Å². The molecule has 1 aromatic rings. The summed E-state index contributed by atoms with van der Waals surface area (Å²) in [5.41, 5.74) is 1.41. The molecule has 2 fully saturated rings. The zero-order chi connectivity index (χ0) is 13.6. The molecular weight excluding hydrogens is 252 g/mol. The fourth-order valence-electron chi connectivity index (χ4n) is 2.90. The lowest BCUT2D eigenvalue weighted by molar-refractivity contribution is -0.1000. The Morgan fingerprint density at radius 1 is 0.950 bits per heavy atom. The summed E-state index contributed by atoms with van der Waals surface area (Å²) in [5.74, 6) is 0. The highest BCUT2D eigenvalue weighted by Gasteiger charge is 2.22. The van der Waals surface area contributed by atoms with E-state index in [-0.39, 0.29) is 6.10 Å². The number of piperazine rings is 1. The number of benzene rings is 1. The summed E-state index contributed by atoms with van der Waals surface area (Å²) in [6.07, 6.45) is 0.268. The first-order chi connectivity index (χ1) is 9.90. The van der Waals surface area contributed by atoms with E-state index in [4.69, 9.17) is 9.47 Å². The van der Waals surface area contributed by atoms with Gasteiger partial charge in [0.15, 0.2) is 0 Å². The van der Waals surface area contributed by atoms with Crippen molar-refractivity contribution in [3.8, 4) is 0 Å². The van der Waals surface area contributed by atoms with E-state index >= 15 is 0 Å². The molecule has 2 heterocycles. The first kappa shape index (κ1) is 14.0. The maximum Gasteiger partial charge on any atom is 0.0936 e. The lowest BCUT2D eigenvalue weighted by Gasteiger charge is -2.37. The van der Waals surface area contributed by atoms with Crippen LogP contribution < -0.4 is 0 Å². The highest BCUT2D eigenvalue weighted by atomic mass is 16.6. The fourth-order valence-corrected chi connectivity index (χ4v) is 2.90. The van der Waals surface area contributed by atoms with Crippen molar-refractivity contribution in [3.05, 3.63) is 35.9 Å². The average Bonchev–Trinajstić information content (AvgIpc) is 2.51. The Balaban J connectivity index is 1.40. The highest BCUT2D eigenvalue weighted by Crippen LogP contribution is 2.10. The minimum atomic E-state index is 0.268. The van der Waals surface area contributed by atoms with Crippen molar-refractivity contribution < 1.29 is 9.47 Å². The normalized spacial score (nSPS) is 25.7. The molecule has 0 aromatic heterocycles. The third kappa shape index (κ3) is 4.03. The summed E-state index contributed by atoms with van der Waals surface area (Å²) >= 11 is 0. The van der Waals surface area contributed by atoms with E-state index in [1.165, 1.54) is 5.56 Å². The Kier molecular flexibility index (Phi) is 5.03. The molecule has 4 nitrogen and oxygen atoms in total. The molecule has 4 heteroatoms. The van der Waals surface area contributed by atoms with Gasteiger partial charge in [0.1, 0.15) is 0 Å². The SMILES string of the molecule is c1ccc(CN2CCN(C[C@@H]3COCCO3)CC2)cc1. The van der Waals surface area contributed by atoms with Crippen LogP contribution >= 0.6 is 0 Å². The van der Waals surface area contributed by atoms with Crippen LogP contribution in [0, 0.1) is 0 Å². The maximum atomic E-state index is 5.72. The Morgan fingerprint density at radius 3 is 2.40 bits per heavy atom. The molecule has 20 heavy (non-hydrogen) atoms. The fraction of sp³-hybridized carbons (Fsp3) is 0.625. The van der Waals surface area contributed by atoms with Gasteiger partial charge in [-0.2, -0.15) is 0 Å². The van der Waals surface area contributed by atoms with Gasteiger partial charge in [-0.15, -0.1) is 0 Å². The highest BCUT2D eigenvalue weighted by molar-refractivity contribution is 5.14. The van der Waals surface area contributed by atoms with E-state index in [9.17, 15) is 0 Å². The van der Waals surface area contributed by atoms with E-state index in [0.29, 0.717) is 0 Å². The van der Waals surface area contributed by atoms with Gasteiger partial charge in [-0.05, 0) is 5.56 Å². The smallest absolute Gasteiger partial charge is 0.0936 e. The second-order valence-electron chi connectivity index (χ2n) is 5.63. The third-order valence-electron chi connectivity index (χ3n) is 4.06. The molecule has 0 bridgehead atoms. The van der Waals surface area contributed by atoms with Crippen LogP contribution in [-0.2, 0) is 16.0 Å². The number of nitrogens with zero attached hydrogens (tertiary/aromatic N) is 2. The van der Waals surface area contributed by atoms with Gasteiger partial charge in [0.25, 0.3) is 0 Å². The number of hydrogen-bond donors (Lipinski definition) is 0. The Bertz CT molecular complexity index is 385. The van der Waals surface area contributed by atoms with Crippen LogP contribution in [0.2, 0.25) is 0 Å². The summed E-state index contributed by atoms with van der Waals surface area (Å²) in [6, 6.07) is 10.7. The van der Waals surface area contributed by atoms with E-state index in [0.717, 1.165) is 59.1 Å². The lowest BCUT2D eigenvalue weighted by atomic mass is 10.2. The topological polar surface area (TPSA) is 24.9 Å². The molecule has 0 unspecified atom stereocenters. The van der Waals surface area contributed by atoms with Crippen LogP contribution in [0.4, 0.5) is 0 Å². The van der Waals surface area contributed by atoms with Gasteiger partial charge in [-0.3, -0.25) is 9.80 Å². The largest absolute Gasteiger partial charge is 0.376 e. The number of ether oxygens (including phenoxy) is 2. The monoisotopic (exact) mass is 276 g/mol. The predicted octanol–water partition coefficient (Wildman–Crippen LogP) is 1.22. The van der Waals surface area contributed by atoms with Gasteiger partial charge in [0, 0.05) is 39.3 Å². The van der Waals surface area contributed by atoms with Gasteiger partial charge in [-0.1, -0.05) is 30.3 Å². The molecule has 2 aliphatic heterocycles. The van der Waals surface area contributed by atoms with Gasteiger partial charge < -0.3 is 9.47 Å². The first-order valence-corrected chi connectivity index (χ1v) is 7.58. The number of rotatable bonds is 4. The van der Waals surface area contributed by atoms with Crippen LogP contribution in [0.5, 0.6) is 0 Å². The summed E-state index contributed by atoms with van der Waals surface area (Å²) in [6.45, 7) is 8.88. The van der Waals surface area contributed by atoms with Crippen LogP contribution in [0.25, 0.3) is 0 Å².